The molecule has 0 aliphatic heterocycles. The summed E-state index contributed by atoms with van der Waals surface area (Å²) in [5.74, 6) is -0.812. The molecule has 0 fully saturated rings. The van der Waals surface area contributed by atoms with Crippen molar-refractivity contribution in [2.24, 2.45) is 0 Å². The zero-order chi connectivity index (χ0) is 15.6. The number of rotatable bonds is 2. The van der Waals surface area contributed by atoms with E-state index in [2.05, 4.69) is 5.32 Å². The number of alkyl halides is 3. The molecule has 2 nitrogen and oxygen atoms in total. The molecule has 0 unspecified atom stereocenters. The molecule has 0 atom stereocenters. The van der Waals surface area contributed by atoms with E-state index in [1.54, 1.807) is 25.1 Å². The number of nitrogens with one attached hydrogen (secondary N) is 1. The van der Waals surface area contributed by atoms with E-state index >= 15 is 0 Å². The van der Waals surface area contributed by atoms with Gasteiger partial charge < -0.3 is 5.32 Å². The molecule has 0 heterocycles. The van der Waals surface area contributed by atoms with Gasteiger partial charge in [0.05, 0.1) is 11.1 Å². The maximum Gasteiger partial charge on any atom is 0.417 e. The molecule has 0 bridgehead atoms. The largest absolute Gasteiger partial charge is 0.417 e. The summed E-state index contributed by atoms with van der Waals surface area (Å²) < 4.78 is 38.6. The Morgan fingerprint density at radius 1 is 1.14 bits per heavy atom. The summed E-state index contributed by atoms with van der Waals surface area (Å²) in [4.78, 5) is 12.1. The number of hydrogen-bond donors (Lipinski definition) is 1. The average molecular weight is 314 g/mol. The van der Waals surface area contributed by atoms with Gasteiger partial charge in [-0.05, 0) is 42.8 Å². The Hall–Kier alpha value is -2.01. The van der Waals surface area contributed by atoms with Gasteiger partial charge >= 0.3 is 6.18 Å². The first kappa shape index (κ1) is 15.4. The Balaban J connectivity index is 2.33. The maximum absolute atomic E-state index is 12.9. The van der Waals surface area contributed by atoms with Gasteiger partial charge in [0.1, 0.15) is 0 Å². The lowest BCUT2D eigenvalue weighted by atomic mass is 10.1. The van der Waals surface area contributed by atoms with Crippen LogP contribution in [0.1, 0.15) is 21.5 Å². The van der Waals surface area contributed by atoms with Crippen LogP contribution in [0.15, 0.2) is 42.5 Å². The van der Waals surface area contributed by atoms with Crippen molar-refractivity contribution in [3.63, 3.8) is 0 Å². The molecule has 2 aromatic rings. The van der Waals surface area contributed by atoms with E-state index in [0.29, 0.717) is 16.3 Å². The van der Waals surface area contributed by atoms with Crippen LogP contribution < -0.4 is 5.32 Å². The number of aryl methyl sites for hydroxylation is 1. The summed E-state index contributed by atoms with van der Waals surface area (Å²) in [6.07, 6.45) is -4.58. The standard InChI is InChI=1S/C15H11ClF3NO/c1-9-8-10(16)6-7-13(9)20-14(21)11-4-2-3-5-12(11)15(17,18)19/h2-8H,1H3,(H,20,21). The summed E-state index contributed by atoms with van der Waals surface area (Å²) >= 11 is 5.79. The fourth-order valence-corrected chi connectivity index (χ4v) is 2.11. The number of halogens is 4. The molecular weight excluding hydrogens is 303 g/mol. The molecule has 21 heavy (non-hydrogen) atoms. The Morgan fingerprint density at radius 3 is 2.43 bits per heavy atom. The van der Waals surface area contributed by atoms with Crippen LogP contribution in [0, 0.1) is 6.92 Å². The number of amides is 1. The Morgan fingerprint density at radius 2 is 1.81 bits per heavy atom. The van der Waals surface area contributed by atoms with Crippen molar-refractivity contribution in [1.29, 1.82) is 0 Å². The van der Waals surface area contributed by atoms with Gasteiger partial charge in [-0.3, -0.25) is 4.79 Å². The number of anilines is 1. The van der Waals surface area contributed by atoms with Crippen LogP contribution >= 0.6 is 11.6 Å². The van der Waals surface area contributed by atoms with E-state index < -0.39 is 23.2 Å². The molecule has 0 saturated heterocycles. The summed E-state index contributed by atoms with van der Waals surface area (Å²) in [5.41, 5.74) is -0.296. The minimum atomic E-state index is -4.58. The number of benzene rings is 2. The fourth-order valence-electron chi connectivity index (χ4n) is 1.89. The van der Waals surface area contributed by atoms with Gasteiger partial charge in [-0.25, -0.2) is 0 Å². The van der Waals surface area contributed by atoms with Crippen molar-refractivity contribution in [3.05, 3.63) is 64.2 Å². The van der Waals surface area contributed by atoms with Gasteiger partial charge in [0, 0.05) is 10.7 Å². The highest BCUT2D eigenvalue weighted by Crippen LogP contribution is 2.32. The van der Waals surface area contributed by atoms with E-state index in [-0.39, 0.29) is 0 Å². The van der Waals surface area contributed by atoms with Crippen molar-refractivity contribution >= 4 is 23.2 Å². The molecule has 0 aliphatic rings. The first-order valence-corrected chi connectivity index (χ1v) is 6.40. The zero-order valence-electron chi connectivity index (χ0n) is 11.0. The molecule has 0 aliphatic carbocycles. The smallest absolute Gasteiger partial charge is 0.322 e. The molecule has 0 radical (unpaired) electrons. The number of carbonyl (C=O) groups excluding carboxylic acids is 1. The molecule has 2 rings (SSSR count). The SMILES string of the molecule is Cc1cc(Cl)ccc1NC(=O)c1ccccc1C(F)(F)F. The molecule has 0 spiro atoms. The van der Waals surface area contributed by atoms with Crippen molar-refractivity contribution < 1.29 is 18.0 Å². The van der Waals surface area contributed by atoms with Crippen molar-refractivity contribution in [2.75, 3.05) is 5.32 Å². The summed E-state index contributed by atoms with van der Waals surface area (Å²) in [7, 11) is 0. The third-order valence-corrected chi connectivity index (χ3v) is 3.15. The van der Waals surface area contributed by atoms with Crippen LogP contribution in [-0.2, 0) is 6.18 Å². The van der Waals surface area contributed by atoms with Crippen LogP contribution in [0.5, 0.6) is 0 Å². The van der Waals surface area contributed by atoms with Crippen LogP contribution in [0.4, 0.5) is 18.9 Å². The highest BCUT2D eigenvalue weighted by Gasteiger charge is 2.34. The third kappa shape index (κ3) is 3.55. The highest BCUT2D eigenvalue weighted by atomic mass is 35.5. The molecule has 1 N–H and O–H groups in total. The normalized spacial score (nSPS) is 11.3. The average Bonchev–Trinajstić information content (AvgIpc) is 2.41. The predicted octanol–water partition coefficient (Wildman–Crippen LogP) is 4.92. The molecule has 110 valence electrons. The van der Waals surface area contributed by atoms with Crippen molar-refractivity contribution in [1.82, 2.24) is 0 Å². The lowest BCUT2D eigenvalue weighted by molar-refractivity contribution is -0.137. The van der Waals surface area contributed by atoms with Crippen LogP contribution in [0.2, 0.25) is 5.02 Å². The summed E-state index contributed by atoms with van der Waals surface area (Å²) in [5, 5.41) is 2.96. The molecule has 0 aromatic heterocycles. The van der Waals surface area contributed by atoms with E-state index in [0.717, 1.165) is 12.1 Å². The minimum Gasteiger partial charge on any atom is -0.322 e. The van der Waals surface area contributed by atoms with Gasteiger partial charge in [0.15, 0.2) is 0 Å². The zero-order valence-corrected chi connectivity index (χ0v) is 11.7. The summed E-state index contributed by atoms with van der Waals surface area (Å²) in [6.45, 7) is 1.71. The molecule has 2 aromatic carbocycles. The van der Waals surface area contributed by atoms with E-state index in [4.69, 9.17) is 11.6 Å². The predicted molar refractivity (Wildman–Crippen MR) is 75.6 cm³/mol. The topological polar surface area (TPSA) is 29.1 Å². The van der Waals surface area contributed by atoms with Crippen molar-refractivity contribution in [2.45, 2.75) is 13.1 Å². The van der Waals surface area contributed by atoms with Crippen molar-refractivity contribution in [3.8, 4) is 0 Å². The second-order valence-electron chi connectivity index (χ2n) is 4.46. The van der Waals surface area contributed by atoms with E-state index in [1.807, 2.05) is 0 Å². The molecule has 0 saturated carbocycles. The van der Waals surface area contributed by atoms with Gasteiger partial charge in [0.2, 0.25) is 0 Å². The molecule has 6 heteroatoms. The van der Waals surface area contributed by atoms with Crippen LogP contribution in [0.25, 0.3) is 0 Å². The van der Waals surface area contributed by atoms with Gasteiger partial charge in [-0.15, -0.1) is 0 Å². The fraction of sp³-hybridized carbons (Fsp3) is 0.133. The maximum atomic E-state index is 12.9. The minimum absolute atomic E-state index is 0.417. The lowest BCUT2D eigenvalue weighted by Crippen LogP contribution is -2.19. The molecule has 1 amide bonds. The second-order valence-corrected chi connectivity index (χ2v) is 4.89. The van der Waals surface area contributed by atoms with Gasteiger partial charge in [-0.2, -0.15) is 13.2 Å². The highest BCUT2D eigenvalue weighted by molar-refractivity contribution is 6.30. The lowest BCUT2D eigenvalue weighted by Gasteiger charge is -2.13. The monoisotopic (exact) mass is 313 g/mol. The Kier molecular flexibility index (Phi) is 4.23. The summed E-state index contributed by atoms with van der Waals surface area (Å²) in [6, 6.07) is 9.37. The number of carbonyl (C=O) groups is 1. The second kappa shape index (κ2) is 5.77. The Bertz CT molecular complexity index is 683. The first-order chi connectivity index (χ1) is 9.79. The van der Waals surface area contributed by atoms with E-state index in [9.17, 15) is 18.0 Å². The molecular formula is C15H11ClF3NO. The van der Waals surface area contributed by atoms with Crippen LogP contribution in [-0.4, -0.2) is 5.91 Å². The third-order valence-electron chi connectivity index (χ3n) is 2.91. The first-order valence-electron chi connectivity index (χ1n) is 6.03. The van der Waals surface area contributed by atoms with Gasteiger partial charge in [0.25, 0.3) is 5.91 Å². The van der Waals surface area contributed by atoms with E-state index in [1.165, 1.54) is 12.1 Å². The van der Waals surface area contributed by atoms with Gasteiger partial charge in [-0.1, -0.05) is 23.7 Å². The Labute approximate surface area is 124 Å². The van der Waals surface area contributed by atoms with Crippen LogP contribution in [0.3, 0.4) is 0 Å². The quantitative estimate of drug-likeness (QED) is 0.837. The number of hydrogen-bond acceptors (Lipinski definition) is 1.